The van der Waals surface area contributed by atoms with Crippen LogP contribution in [0.2, 0.25) is 0 Å². The Labute approximate surface area is 142 Å². The van der Waals surface area contributed by atoms with E-state index >= 15 is 0 Å². The first-order valence-electron chi connectivity index (χ1n) is 4.86. The molecule has 0 unspecified atom stereocenters. The molecule has 0 aliphatic carbocycles. The van der Waals surface area contributed by atoms with E-state index in [4.69, 9.17) is 0 Å². The molecule has 0 aliphatic rings. The molecule has 3 heterocycles. The van der Waals surface area contributed by atoms with Crippen molar-refractivity contribution < 1.29 is 34.8 Å². The van der Waals surface area contributed by atoms with E-state index in [1.165, 1.54) is 13.9 Å². The maximum absolute atomic E-state index is 2.26. The van der Waals surface area contributed by atoms with Gasteiger partial charge in [0.05, 0.1) is 0 Å². The standard InChI is InChI=1S/C12H9PS3.Au.ClH/c1-4-10(14-7-1)13(11-5-2-8-15-11)12-6-3-9-16-12;;/h1-9H;;1H/q;+1;/p-1. The summed E-state index contributed by atoms with van der Waals surface area (Å²) in [6.45, 7) is 0. The van der Waals surface area contributed by atoms with E-state index < -0.39 is 0 Å². The molecule has 0 aromatic carbocycles. The molecule has 0 radical (unpaired) electrons. The maximum Gasteiger partial charge on any atom is 1.00 e. The van der Waals surface area contributed by atoms with Crippen LogP contribution in [0.25, 0.3) is 0 Å². The van der Waals surface area contributed by atoms with E-state index in [-0.39, 0.29) is 42.7 Å². The van der Waals surface area contributed by atoms with Gasteiger partial charge < -0.3 is 12.4 Å². The fraction of sp³-hybridized carbons (Fsp3) is 0. The van der Waals surface area contributed by atoms with Gasteiger partial charge >= 0.3 is 22.4 Å². The van der Waals surface area contributed by atoms with Crippen molar-refractivity contribution in [3.8, 4) is 0 Å². The van der Waals surface area contributed by atoms with Crippen LogP contribution in [0.4, 0.5) is 0 Å². The largest absolute Gasteiger partial charge is 1.00 e. The molecule has 0 nitrogen and oxygen atoms in total. The van der Waals surface area contributed by atoms with Crippen molar-refractivity contribution in [2.45, 2.75) is 0 Å². The van der Waals surface area contributed by atoms with Crippen molar-refractivity contribution in [2.24, 2.45) is 0 Å². The fourth-order valence-electron chi connectivity index (χ4n) is 1.52. The van der Waals surface area contributed by atoms with Crippen LogP contribution in [0.15, 0.2) is 52.5 Å². The van der Waals surface area contributed by atoms with E-state index in [1.807, 2.05) is 34.0 Å². The zero-order valence-electron chi connectivity index (χ0n) is 9.05. The summed E-state index contributed by atoms with van der Waals surface area (Å²) in [6, 6.07) is 13.2. The summed E-state index contributed by atoms with van der Waals surface area (Å²) in [5, 5.41) is 6.52. The van der Waals surface area contributed by atoms with Crippen LogP contribution in [0.1, 0.15) is 0 Å². The van der Waals surface area contributed by atoms with Crippen molar-refractivity contribution >= 4 is 55.8 Å². The van der Waals surface area contributed by atoms with Crippen molar-refractivity contribution in [2.75, 3.05) is 0 Å². The molecular formula is C12H9AuClPS3. The second kappa shape index (κ2) is 7.98. The van der Waals surface area contributed by atoms with Gasteiger partial charge in [0, 0.05) is 21.8 Å². The third-order valence-electron chi connectivity index (χ3n) is 2.18. The molecule has 3 aromatic rings. The van der Waals surface area contributed by atoms with Crippen molar-refractivity contribution in [3.63, 3.8) is 0 Å². The second-order valence-corrected chi connectivity index (χ2v) is 9.06. The average molecular weight is 513 g/mol. The predicted molar refractivity (Wildman–Crippen MR) is 78.8 cm³/mol. The number of hydrogen-bond donors (Lipinski definition) is 0. The van der Waals surface area contributed by atoms with Gasteiger partial charge in [-0.1, -0.05) is 18.2 Å². The molecule has 0 atom stereocenters. The van der Waals surface area contributed by atoms with Gasteiger partial charge in [-0.15, -0.1) is 34.0 Å². The zero-order chi connectivity index (χ0) is 10.8. The van der Waals surface area contributed by atoms with E-state index in [1.54, 1.807) is 0 Å². The number of rotatable bonds is 3. The molecule has 0 fully saturated rings. The first-order valence-corrected chi connectivity index (χ1v) is 8.84. The fourth-order valence-corrected chi connectivity index (χ4v) is 8.34. The zero-order valence-corrected chi connectivity index (χ0v) is 15.3. The summed E-state index contributed by atoms with van der Waals surface area (Å²) in [5.74, 6) is 0. The van der Waals surface area contributed by atoms with Crippen LogP contribution in [-0.2, 0) is 22.4 Å². The Morgan fingerprint density at radius 3 is 1.22 bits per heavy atom. The summed E-state index contributed by atoms with van der Waals surface area (Å²) in [7, 11) is -0.279. The van der Waals surface area contributed by atoms with Crippen molar-refractivity contribution in [1.29, 1.82) is 0 Å². The van der Waals surface area contributed by atoms with Crippen LogP contribution >= 0.6 is 41.9 Å². The summed E-state index contributed by atoms with van der Waals surface area (Å²) in [4.78, 5) is 0. The Bertz CT molecular complexity index is 452. The Hall–Kier alpha value is 0.560. The van der Waals surface area contributed by atoms with Gasteiger partial charge in [0.1, 0.15) is 0 Å². The molecular weight excluding hydrogens is 504 g/mol. The summed E-state index contributed by atoms with van der Waals surface area (Å²) >= 11 is 5.61. The van der Waals surface area contributed by atoms with Crippen LogP contribution in [0, 0.1) is 0 Å². The molecule has 0 amide bonds. The van der Waals surface area contributed by atoms with Crippen molar-refractivity contribution in [3.05, 3.63) is 52.5 Å². The van der Waals surface area contributed by atoms with Crippen LogP contribution in [0.3, 0.4) is 0 Å². The first kappa shape index (κ1) is 16.6. The smallest absolute Gasteiger partial charge is 1.00 e. The number of hydrogen-bond acceptors (Lipinski definition) is 3. The molecule has 0 spiro atoms. The predicted octanol–water partition coefficient (Wildman–Crippen LogP) is 0.631. The van der Waals surface area contributed by atoms with Crippen molar-refractivity contribution in [1.82, 2.24) is 0 Å². The van der Waals surface area contributed by atoms with E-state index in [0.29, 0.717) is 0 Å². The topological polar surface area (TPSA) is 0 Å². The summed E-state index contributed by atoms with van der Waals surface area (Å²) < 4.78 is 4.50. The third kappa shape index (κ3) is 3.56. The molecule has 0 aliphatic heterocycles. The first-order chi connectivity index (χ1) is 7.95. The average Bonchev–Trinajstić information content (AvgIpc) is 3.02. The minimum absolute atomic E-state index is 0. The second-order valence-electron chi connectivity index (χ2n) is 3.19. The van der Waals surface area contributed by atoms with Crippen LogP contribution in [-0.4, -0.2) is 0 Å². The van der Waals surface area contributed by atoms with Gasteiger partial charge in [-0.3, -0.25) is 0 Å². The molecule has 3 rings (SSSR count). The van der Waals surface area contributed by atoms with Gasteiger partial charge in [-0.05, 0) is 34.3 Å². The molecule has 0 N–H and O–H groups in total. The van der Waals surface area contributed by atoms with E-state index in [9.17, 15) is 0 Å². The van der Waals surface area contributed by atoms with Crippen LogP contribution < -0.4 is 26.3 Å². The Morgan fingerprint density at radius 1 is 0.667 bits per heavy atom. The van der Waals surface area contributed by atoms with Gasteiger partial charge in [0.2, 0.25) is 0 Å². The molecule has 18 heavy (non-hydrogen) atoms. The Balaban J connectivity index is 0.000000810. The summed E-state index contributed by atoms with van der Waals surface area (Å²) in [5.41, 5.74) is 0. The Morgan fingerprint density at radius 2 is 1.00 bits per heavy atom. The maximum atomic E-state index is 2.26. The molecule has 3 aromatic heterocycles. The van der Waals surface area contributed by atoms with Gasteiger partial charge in [0.15, 0.2) is 0 Å². The van der Waals surface area contributed by atoms with E-state index in [2.05, 4.69) is 52.5 Å². The number of halogens is 1. The molecule has 0 saturated carbocycles. The van der Waals surface area contributed by atoms with Gasteiger partial charge in [-0.2, -0.15) is 0 Å². The monoisotopic (exact) mass is 512 g/mol. The quantitative estimate of drug-likeness (QED) is 0.357. The van der Waals surface area contributed by atoms with E-state index in [0.717, 1.165) is 0 Å². The SMILES string of the molecule is [Au+].[Cl-].c1csc(P(c2cccs2)c2cccs2)c1. The minimum Gasteiger partial charge on any atom is -1.00 e. The molecule has 6 heteroatoms. The summed E-state index contributed by atoms with van der Waals surface area (Å²) in [6.07, 6.45) is 0. The Kier molecular flexibility index (Phi) is 7.37. The van der Waals surface area contributed by atoms with Crippen LogP contribution in [0.5, 0.6) is 0 Å². The number of thiophene rings is 3. The molecule has 98 valence electrons. The minimum atomic E-state index is -0.279. The molecule has 0 bridgehead atoms. The molecule has 0 saturated heterocycles. The normalized spacial score (nSPS) is 9.83. The third-order valence-corrected chi connectivity index (χ3v) is 8.55. The van der Waals surface area contributed by atoms with Gasteiger partial charge in [0.25, 0.3) is 0 Å². The van der Waals surface area contributed by atoms with Gasteiger partial charge in [-0.25, -0.2) is 0 Å².